The van der Waals surface area contributed by atoms with E-state index in [1.54, 1.807) is 6.07 Å². The molecule has 1 aliphatic heterocycles. The van der Waals surface area contributed by atoms with Gasteiger partial charge in [0.25, 0.3) is 5.56 Å². The van der Waals surface area contributed by atoms with E-state index in [-0.39, 0.29) is 16.8 Å². The number of likely N-dealkylation sites (N-methyl/N-ethyl adjacent to an activating group) is 1. The molecular weight excluding hydrogens is 359 g/mol. The van der Waals surface area contributed by atoms with Gasteiger partial charge in [0.2, 0.25) is 0 Å². The summed E-state index contributed by atoms with van der Waals surface area (Å²) in [5.41, 5.74) is 10.6. The number of nitrogens with zero attached hydrogens (tertiary/aromatic N) is 3. The van der Waals surface area contributed by atoms with Crippen LogP contribution in [0.1, 0.15) is 17.2 Å². The quantitative estimate of drug-likeness (QED) is 0.497. The van der Waals surface area contributed by atoms with Gasteiger partial charge in [0.15, 0.2) is 0 Å². The number of nitrogens with one attached hydrogen (secondary N) is 2. The molecule has 0 aliphatic carbocycles. The van der Waals surface area contributed by atoms with E-state index in [4.69, 9.17) is 10.7 Å². The number of nitrogens with two attached hydrogens (primary N) is 1. The molecule has 7 nitrogen and oxygen atoms in total. The van der Waals surface area contributed by atoms with Crippen LogP contribution in [0.3, 0.4) is 0 Å². The maximum atomic E-state index is 14.1. The van der Waals surface area contributed by atoms with Gasteiger partial charge in [-0.15, -0.1) is 0 Å². The fourth-order valence-electron chi connectivity index (χ4n) is 4.12. The molecule has 5 rings (SSSR count). The largest absolute Gasteiger partial charge is 0.394 e. The second-order valence-corrected chi connectivity index (χ2v) is 7.50. The van der Waals surface area contributed by atoms with Gasteiger partial charge in [-0.1, -0.05) is 6.07 Å². The summed E-state index contributed by atoms with van der Waals surface area (Å²) in [4.78, 5) is 22.5. The molecular formula is C20H19FN6O. The van der Waals surface area contributed by atoms with Crippen molar-refractivity contribution in [2.24, 2.45) is 0 Å². The Morgan fingerprint density at radius 3 is 2.86 bits per heavy atom. The summed E-state index contributed by atoms with van der Waals surface area (Å²) in [6.45, 7) is 3.88. The SMILES string of the molecule is Cc1cc2[nH]c(=O)c(N)c(-c3ccc(F)c4[nH]ncc34)c2nc1C1CN(C)C1. The number of halogens is 1. The minimum Gasteiger partial charge on any atom is -0.394 e. The Morgan fingerprint density at radius 1 is 1.32 bits per heavy atom. The van der Waals surface area contributed by atoms with Gasteiger partial charge in [-0.3, -0.25) is 9.89 Å². The average molecular weight is 378 g/mol. The molecule has 28 heavy (non-hydrogen) atoms. The highest BCUT2D eigenvalue weighted by Crippen LogP contribution is 2.37. The number of anilines is 1. The molecule has 4 heterocycles. The van der Waals surface area contributed by atoms with Gasteiger partial charge in [-0.05, 0) is 37.2 Å². The van der Waals surface area contributed by atoms with E-state index >= 15 is 0 Å². The molecule has 0 spiro atoms. The number of pyridine rings is 2. The first-order chi connectivity index (χ1) is 13.4. The highest BCUT2D eigenvalue weighted by Gasteiger charge is 2.28. The van der Waals surface area contributed by atoms with Crippen LogP contribution in [-0.2, 0) is 0 Å². The summed E-state index contributed by atoms with van der Waals surface area (Å²) in [6, 6.07) is 4.91. The maximum absolute atomic E-state index is 14.1. The van der Waals surface area contributed by atoms with Crippen LogP contribution in [0.4, 0.5) is 10.1 Å². The summed E-state index contributed by atoms with van der Waals surface area (Å²) in [7, 11) is 2.07. The van der Waals surface area contributed by atoms with E-state index in [0.29, 0.717) is 33.5 Å². The lowest BCUT2D eigenvalue weighted by Gasteiger charge is -2.36. The second kappa shape index (κ2) is 5.87. The second-order valence-electron chi connectivity index (χ2n) is 7.50. The Morgan fingerprint density at radius 2 is 2.11 bits per heavy atom. The first-order valence-corrected chi connectivity index (χ1v) is 9.07. The minimum atomic E-state index is -0.411. The average Bonchev–Trinajstić information content (AvgIpc) is 3.12. The van der Waals surface area contributed by atoms with Gasteiger partial charge in [0.05, 0.1) is 17.2 Å². The van der Waals surface area contributed by atoms with Crippen LogP contribution in [0.2, 0.25) is 0 Å². The van der Waals surface area contributed by atoms with Crippen molar-refractivity contribution >= 4 is 27.6 Å². The summed E-state index contributed by atoms with van der Waals surface area (Å²) in [5.74, 6) is -0.0662. The molecule has 3 aromatic heterocycles. The number of fused-ring (bicyclic) bond motifs is 2. The fourth-order valence-corrected chi connectivity index (χ4v) is 4.12. The van der Waals surface area contributed by atoms with E-state index < -0.39 is 5.82 Å². The number of hydrogen-bond acceptors (Lipinski definition) is 5. The van der Waals surface area contributed by atoms with E-state index in [0.717, 1.165) is 24.3 Å². The molecule has 0 radical (unpaired) electrons. The third-order valence-corrected chi connectivity index (χ3v) is 5.54. The van der Waals surface area contributed by atoms with Crippen molar-refractivity contribution in [1.29, 1.82) is 0 Å². The van der Waals surface area contributed by atoms with Gasteiger partial charge in [-0.2, -0.15) is 5.10 Å². The Bertz CT molecular complexity index is 1300. The number of aromatic nitrogens is 4. The molecule has 0 bridgehead atoms. The third kappa shape index (κ3) is 2.34. The lowest BCUT2D eigenvalue weighted by atomic mass is 9.92. The lowest BCUT2D eigenvalue weighted by Crippen LogP contribution is -2.42. The maximum Gasteiger partial charge on any atom is 0.272 e. The molecule has 142 valence electrons. The molecule has 0 atom stereocenters. The molecule has 4 aromatic rings. The number of aromatic amines is 2. The number of rotatable bonds is 2. The molecule has 1 fully saturated rings. The predicted octanol–water partition coefficient (Wildman–Crippen LogP) is 2.53. The van der Waals surface area contributed by atoms with E-state index in [9.17, 15) is 9.18 Å². The molecule has 1 saturated heterocycles. The zero-order valence-corrected chi connectivity index (χ0v) is 15.5. The van der Waals surface area contributed by atoms with E-state index in [1.807, 2.05) is 13.0 Å². The standard InChI is InChI=1S/C20H19FN6O/c1-9-5-14-19(25-17(9)10-7-27(2)8-10)15(16(22)20(28)24-14)11-3-4-13(21)18-12(11)6-23-26-18/h3-6,10H,7-8,22H2,1-2H3,(H,23,26)(H,24,28). The lowest BCUT2D eigenvalue weighted by molar-refractivity contribution is 0.186. The molecule has 0 unspecified atom stereocenters. The van der Waals surface area contributed by atoms with E-state index in [1.165, 1.54) is 12.3 Å². The van der Waals surface area contributed by atoms with Crippen LogP contribution in [0.25, 0.3) is 33.1 Å². The van der Waals surface area contributed by atoms with Crippen LogP contribution >= 0.6 is 0 Å². The first-order valence-electron chi connectivity index (χ1n) is 9.07. The van der Waals surface area contributed by atoms with Gasteiger partial charge in [0.1, 0.15) is 17.0 Å². The van der Waals surface area contributed by atoms with Crippen LogP contribution < -0.4 is 11.3 Å². The Balaban J connectivity index is 1.85. The summed E-state index contributed by atoms with van der Waals surface area (Å²) in [6.07, 6.45) is 1.54. The minimum absolute atomic E-state index is 0.0645. The highest BCUT2D eigenvalue weighted by molar-refractivity contribution is 6.06. The summed E-state index contributed by atoms with van der Waals surface area (Å²) in [5, 5.41) is 7.18. The number of nitrogen functional groups attached to an aromatic ring is 1. The monoisotopic (exact) mass is 378 g/mol. The van der Waals surface area contributed by atoms with Crippen molar-refractivity contribution in [3.8, 4) is 11.1 Å². The molecule has 0 amide bonds. The predicted molar refractivity (Wildman–Crippen MR) is 107 cm³/mol. The van der Waals surface area contributed by atoms with Crippen molar-refractivity contribution in [3.05, 3.63) is 51.8 Å². The van der Waals surface area contributed by atoms with Crippen LogP contribution in [0.5, 0.6) is 0 Å². The zero-order chi connectivity index (χ0) is 19.6. The van der Waals surface area contributed by atoms with Gasteiger partial charge < -0.3 is 15.6 Å². The smallest absolute Gasteiger partial charge is 0.272 e. The third-order valence-electron chi connectivity index (χ3n) is 5.54. The summed E-state index contributed by atoms with van der Waals surface area (Å²) >= 11 is 0. The topological polar surface area (TPSA) is 104 Å². The number of hydrogen-bond donors (Lipinski definition) is 3. The molecule has 1 aliphatic rings. The molecule has 8 heteroatoms. The van der Waals surface area contributed by atoms with Gasteiger partial charge in [0, 0.05) is 35.7 Å². The fraction of sp³-hybridized carbons (Fsp3) is 0.250. The Kier molecular flexibility index (Phi) is 3.54. The normalized spacial score (nSPS) is 15.4. The van der Waals surface area contributed by atoms with Crippen LogP contribution in [0, 0.1) is 12.7 Å². The van der Waals surface area contributed by atoms with E-state index in [2.05, 4.69) is 27.1 Å². The van der Waals surface area contributed by atoms with Crippen molar-refractivity contribution in [2.45, 2.75) is 12.8 Å². The van der Waals surface area contributed by atoms with Crippen LogP contribution in [-0.4, -0.2) is 45.2 Å². The number of likely N-dealkylation sites (tertiary alicyclic amines) is 1. The molecule has 4 N–H and O–H groups in total. The molecule has 1 aromatic carbocycles. The van der Waals surface area contributed by atoms with Gasteiger partial charge >= 0.3 is 0 Å². The number of benzene rings is 1. The Labute approximate surface area is 159 Å². The van der Waals surface area contributed by atoms with Gasteiger partial charge in [-0.25, -0.2) is 9.37 Å². The van der Waals surface area contributed by atoms with Crippen molar-refractivity contribution in [1.82, 2.24) is 25.1 Å². The Hall–Kier alpha value is -3.26. The van der Waals surface area contributed by atoms with Crippen molar-refractivity contribution < 1.29 is 4.39 Å². The molecule has 0 saturated carbocycles. The van der Waals surface area contributed by atoms with Crippen LogP contribution in [0.15, 0.2) is 29.2 Å². The highest BCUT2D eigenvalue weighted by atomic mass is 19.1. The number of aryl methyl sites for hydroxylation is 1. The zero-order valence-electron chi connectivity index (χ0n) is 15.5. The van der Waals surface area contributed by atoms with Crippen molar-refractivity contribution in [3.63, 3.8) is 0 Å². The van der Waals surface area contributed by atoms with Crippen molar-refractivity contribution in [2.75, 3.05) is 25.9 Å². The first kappa shape index (κ1) is 16.9. The summed E-state index contributed by atoms with van der Waals surface area (Å²) < 4.78 is 14.1. The number of H-pyrrole nitrogens is 2.